The normalized spacial score (nSPS) is 43.6. The van der Waals surface area contributed by atoms with E-state index >= 15 is 0 Å². The molecule has 2 bridgehead atoms. The lowest BCUT2D eigenvalue weighted by Crippen LogP contribution is -2.53. The average Bonchev–Trinajstić information content (AvgIpc) is 2.71. The van der Waals surface area contributed by atoms with Crippen molar-refractivity contribution in [2.75, 3.05) is 6.54 Å². The number of hydrogen-bond donors (Lipinski definition) is 1. The van der Waals surface area contributed by atoms with Gasteiger partial charge in [0.25, 0.3) is 0 Å². The van der Waals surface area contributed by atoms with Crippen molar-refractivity contribution >= 4 is 0 Å². The predicted octanol–water partition coefficient (Wildman–Crippen LogP) is 3.56. The first-order valence-electron chi connectivity index (χ1n) is 8.82. The fourth-order valence-corrected chi connectivity index (χ4v) is 5.12. The minimum Gasteiger partial charge on any atom is -0.314 e. The van der Waals surface area contributed by atoms with E-state index in [0.717, 1.165) is 36.6 Å². The predicted molar refractivity (Wildman–Crippen MR) is 81.4 cm³/mol. The molecule has 2 saturated heterocycles. The molecule has 3 aliphatic rings. The zero-order chi connectivity index (χ0) is 13.2. The van der Waals surface area contributed by atoms with E-state index in [4.69, 9.17) is 0 Å². The number of nitrogens with zero attached hydrogens (tertiary/aromatic N) is 1. The molecule has 1 saturated carbocycles. The molecule has 3 fully saturated rings. The third-order valence-corrected chi connectivity index (χ3v) is 6.10. The van der Waals surface area contributed by atoms with Crippen LogP contribution in [0.25, 0.3) is 0 Å². The van der Waals surface area contributed by atoms with Crippen molar-refractivity contribution in [3.05, 3.63) is 0 Å². The molecule has 19 heavy (non-hydrogen) atoms. The lowest BCUT2D eigenvalue weighted by atomic mass is 9.82. The van der Waals surface area contributed by atoms with Gasteiger partial charge in [-0.3, -0.25) is 4.90 Å². The maximum Gasteiger partial charge on any atom is 0.0116 e. The van der Waals surface area contributed by atoms with Crippen molar-refractivity contribution in [3.8, 4) is 0 Å². The third kappa shape index (κ3) is 2.85. The molecule has 0 aromatic carbocycles. The monoisotopic (exact) mass is 264 g/mol. The van der Waals surface area contributed by atoms with Crippen molar-refractivity contribution in [1.29, 1.82) is 0 Å². The Hall–Kier alpha value is -0.0800. The maximum absolute atomic E-state index is 3.70. The SMILES string of the molecule is CCNC1CC2CCC(C1)N2C1CCC(CC)CC1. The summed E-state index contributed by atoms with van der Waals surface area (Å²) in [7, 11) is 0. The summed E-state index contributed by atoms with van der Waals surface area (Å²) in [6, 6.07) is 3.56. The van der Waals surface area contributed by atoms with Crippen molar-refractivity contribution in [3.63, 3.8) is 0 Å². The Morgan fingerprint density at radius 2 is 1.42 bits per heavy atom. The van der Waals surface area contributed by atoms with Gasteiger partial charge in [0.15, 0.2) is 0 Å². The summed E-state index contributed by atoms with van der Waals surface area (Å²) in [6.45, 7) is 5.77. The Morgan fingerprint density at radius 1 is 0.842 bits per heavy atom. The molecule has 2 heteroatoms. The number of piperidine rings is 1. The van der Waals surface area contributed by atoms with E-state index in [-0.39, 0.29) is 0 Å². The van der Waals surface area contributed by atoms with E-state index in [0.29, 0.717) is 0 Å². The number of hydrogen-bond acceptors (Lipinski definition) is 2. The average molecular weight is 264 g/mol. The van der Waals surface area contributed by atoms with Gasteiger partial charge < -0.3 is 5.32 Å². The van der Waals surface area contributed by atoms with Crippen LogP contribution in [0, 0.1) is 5.92 Å². The van der Waals surface area contributed by atoms with E-state index in [1.54, 1.807) is 0 Å². The van der Waals surface area contributed by atoms with Gasteiger partial charge in [-0.05, 0) is 63.8 Å². The lowest BCUT2D eigenvalue weighted by molar-refractivity contribution is 0.0433. The molecule has 1 aliphatic carbocycles. The molecule has 0 spiro atoms. The molecule has 0 amide bonds. The molecule has 1 N–H and O–H groups in total. The fraction of sp³-hybridized carbons (Fsp3) is 1.00. The zero-order valence-electron chi connectivity index (χ0n) is 12.9. The van der Waals surface area contributed by atoms with Gasteiger partial charge in [0, 0.05) is 24.2 Å². The number of rotatable bonds is 4. The van der Waals surface area contributed by atoms with Gasteiger partial charge in [0.05, 0.1) is 0 Å². The van der Waals surface area contributed by atoms with Crippen molar-refractivity contribution in [1.82, 2.24) is 10.2 Å². The first kappa shape index (κ1) is 13.9. The highest BCUT2D eigenvalue weighted by Gasteiger charge is 2.43. The van der Waals surface area contributed by atoms with Crippen LogP contribution in [0.4, 0.5) is 0 Å². The fourth-order valence-electron chi connectivity index (χ4n) is 5.12. The molecule has 2 unspecified atom stereocenters. The Morgan fingerprint density at radius 3 is 1.95 bits per heavy atom. The largest absolute Gasteiger partial charge is 0.314 e. The second-order valence-electron chi connectivity index (χ2n) is 7.14. The molecule has 0 aromatic rings. The number of fused-ring (bicyclic) bond motifs is 2. The van der Waals surface area contributed by atoms with Crippen LogP contribution in [-0.4, -0.2) is 35.6 Å². The topological polar surface area (TPSA) is 15.3 Å². The molecule has 0 aromatic heterocycles. The van der Waals surface area contributed by atoms with Gasteiger partial charge in [-0.1, -0.05) is 20.3 Å². The summed E-state index contributed by atoms with van der Waals surface area (Å²) in [4.78, 5) is 2.97. The molecule has 2 atom stereocenters. The van der Waals surface area contributed by atoms with Gasteiger partial charge in [-0.2, -0.15) is 0 Å². The summed E-state index contributed by atoms with van der Waals surface area (Å²) < 4.78 is 0. The van der Waals surface area contributed by atoms with Crippen LogP contribution in [0.1, 0.15) is 71.6 Å². The first-order chi connectivity index (χ1) is 9.31. The third-order valence-electron chi connectivity index (χ3n) is 6.10. The molecular formula is C17H32N2. The molecule has 2 nitrogen and oxygen atoms in total. The summed E-state index contributed by atoms with van der Waals surface area (Å²) in [5, 5.41) is 3.70. The molecule has 110 valence electrons. The van der Waals surface area contributed by atoms with Crippen LogP contribution in [0.15, 0.2) is 0 Å². The smallest absolute Gasteiger partial charge is 0.0116 e. The quantitative estimate of drug-likeness (QED) is 0.835. The summed E-state index contributed by atoms with van der Waals surface area (Å²) in [5.74, 6) is 1.04. The number of nitrogens with one attached hydrogen (secondary N) is 1. The van der Waals surface area contributed by atoms with Gasteiger partial charge >= 0.3 is 0 Å². The van der Waals surface area contributed by atoms with Crippen LogP contribution in [0.3, 0.4) is 0 Å². The zero-order valence-corrected chi connectivity index (χ0v) is 12.9. The molecular weight excluding hydrogens is 232 g/mol. The summed E-state index contributed by atoms with van der Waals surface area (Å²) in [6.07, 6.45) is 13.1. The van der Waals surface area contributed by atoms with E-state index in [1.807, 2.05) is 0 Å². The van der Waals surface area contributed by atoms with E-state index in [1.165, 1.54) is 57.8 Å². The second-order valence-corrected chi connectivity index (χ2v) is 7.14. The molecule has 2 heterocycles. The van der Waals surface area contributed by atoms with E-state index in [9.17, 15) is 0 Å². The van der Waals surface area contributed by atoms with Crippen molar-refractivity contribution < 1.29 is 0 Å². The van der Waals surface area contributed by atoms with Gasteiger partial charge in [-0.25, -0.2) is 0 Å². The minimum absolute atomic E-state index is 0.811. The van der Waals surface area contributed by atoms with Crippen molar-refractivity contribution in [2.45, 2.75) is 95.8 Å². The van der Waals surface area contributed by atoms with Gasteiger partial charge in [0.1, 0.15) is 0 Å². The van der Waals surface area contributed by atoms with Crippen LogP contribution in [0.2, 0.25) is 0 Å². The highest BCUT2D eigenvalue weighted by atomic mass is 15.3. The van der Waals surface area contributed by atoms with Crippen LogP contribution in [0.5, 0.6) is 0 Å². The Bertz CT molecular complexity index is 269. The standard InChI is InChI=1S/C17H32N2/c1-3-13-5-7-15(8-6-13)19-16-9-10-17(19)12-14(11-16)18-4-2/h13-18H,3-12H2,1-2H3. The first-order valence-corrected chi connectivity index (χ1v) is 8.82. The molecule has 3 rings (SSSR count). The molecule has 0 radical (unpaired) electrons. The Balaban J connectivity index is 1.58. The summed E-state index contributed by atoms with van der Waals surface area (Å²) >= 11 is 0. The Kier molecular flexibility index (Phi) is 4.48. The van der Waals surface area contributed by atoms with E-state index < -0.39 is 0 Å². The van der Waals surface area contributed by atoms with Crippen LogP contribution in [-0.2, 0) is 0 Å². The van der Waals surface area contributed by atoms with Gasteiger partial charge in [0.2, 0.25) is 0 Å². The van der Waals surface area contributed by atoms with Crippen molar-refractivity contribution in [2.24, 2.45) is 5.92 Å². The Labute approximate surface area is 119 Å². The van der Waals surface area contributed by atoms with E-state index in [2.05, 4.69) is 24.1 Å². The van der Waals surface area contributed by atoms with Gasteiger partial charge in [-0.15, -0.1) is 0 Å². The summed E-state index contributed by atoms with van der Waals surface area (Å²) in [5.41, 5.74) is 0. The minimum atomic E-state index is 0.811. The maximum atomic E-state index is 3.70. The highest BCUT2D eigenvalue weighted by Crippen LogP contribution is 2.41. The second kappa shape index (κ2) is 6.13. The highest BCUT2D eigenvalue weighted by molar-refractivity contribution is 5.00. The molecule has 2 aliphatic heterocycles. The van der Waals surface area contributed by atoms with Crippen LogP contribution >= 0.6 is 0 Å². The lowest BCUT2D eigenvalue weighted by Gasteiger charge is -2.46. The van der Waals surface area contributed by atoms with Crippen LogP contribution < -0.4 is 5.32 Å².